The molecule has 1 aliphatic heterocycles. The number of fused-ring (bicyclic) bond motifs is 2. The summed E-state index contributed by atoms with van der Waals surface area (Å²) in [4.78, 5) is 39.2. The highest BCUT2D eigenvalue weighted by atomic mass is 16.1. The van der Waals surface area contributed by atoms with E-state index in [2.05, 4.69) is 36.8 Å². The second kappa shape index (κ2) is 8.88. The minimum Gasteiger partial charge on any atom is -0.360 e. The number of carbonyl (C=O) groups excluding carboxylic acids is 1. The third-order valence-electron chi connectivity index (χ3n) is 6.56. The maximum Gasteiger partial charge on any atom is 0.169 e. The molecule has 6 heterocycles. The number of hydrogen-bond acceptors (Lipinski definition) is 7. The number of ketones is 1. The van der Waals surface area contributed by atoms with Crippen LogP contribution in [0.2, 0.25) is 0 Å². The van der Waals surface area contributed by atoms with Crippen LogP contribution in [-0.4, -0.2) is 68.8 Å². The van der Waals surface area contributed by atoms with Gasteiger partial charge in [0.15, 0.2) is 5.78 Å². The van der Waals surface area contributed by atoms with Gasteiger partial charge in [0.25, 0.3) is 0 Å². The lowest BCUT2D eigenvalue weighted by Gasteiger charge is -2.33. The van der Waals surface area contributed by atoms with Crippen LogP contribution in [0.1, 0.15) is 16.1 Å². The molecule has 5 aromatic rings. The van der Waals surface area contributed by atoms with Gasteiger partial charge in [0.05, 0.1) is 34.4 Å². The van der Waals surface area contributed by atoms with Crippen molar-refractivity contribution in [2.45, 2.75) is 6.42 Å². The van der Waals surface area contributed by atoms with Gasteiger partial charge in [0.2, 0.25) is 0 Å². The molecule has 0 saturated carbocycles. The minimum absolute atomic E-state index is 0.0205. The van der Waals surface area contributed by atoms with Crippen LogP contribution in [0, 0.1) is 0 Å². The largest absolute Gasteiger partial charge is 0.360 e. The van der Waals surface area contributed by atoms with Crippen molar-refractivity contribution in [1.82, 2.24) is 29.8 Å². The number of aromatic amines is 1. The van der Waals surface area contributed by atoms with E-state index >= 15 is 0 Å². The lowest BCUT2D eigenvalue weighted by atomic mass is 10.1. The molecule has 0 bridgehead atoms. The SMILES string of the molecule is CN1CCN(c2cc(C(=O)Cc3cc4nc(-c5cnc6cc[nH]c6c5)ccc4cn3)ccn2)CC1. The predicted octanol–water partition coefficient (Wildman–Crippen LogP) is 3.75. The van der Waals surface area contributed by atoms with Gasteiger partial charge in [0.1, 0.15) is 5.82 Å². The molecule has 174 valence electrons. The molecule has 6 rings (SSSR count). The molecule has 1 aliphatic rings. The Morgan fingerprint density at radius 2 is 1.83 bits per heavy atom. The number of Topliss-reactive ketones (excluding diaryl/α,β-unsaturated/α-hetero) is 1. The highest BCUT2D eigenvalue weighted by molar-refractivity contribution is 5.98. The summed E-state index contributed by atoms with van der Waals surface area (Å²) in [7, 11) is 2.12. The number of carbonyl (C=O) groups is 1. The fourth-order valence-electron chi connectivity index (χ4n) is 4.46. The molecule has 0 aliphatic carbocycles. The fraction of sp³-hybridized carbons (Fsp3) is 0.222. The number of nitrogens with zero attached hydrogens (tertiary/aromatic N) is 6. The maximum atomic E-state index is 13.1. The van der Waals surface area contributed by atoms with Crippen molar-refractivity contribution in [3.05, 3.63) is 78.5 Å². The number of hydrogen-bond donors (Lipinski definition) is 1. The molecule has 0 atom stereocenters. The van der Waals surface area contributed by atoms with E-state index in [1.165, 1.54) is 0 Å². The fourth-order valence-corrected chi connectivity index (χ4v) is 4.46. The van der Waals surface area contributed by atoms with Gasteiger partial charge in [-0.1, -0.05) is 0 Å². The van der Waals surface area contributed by atoms with Gasteiger partial charge in [-0.15, -0.1) is 0 Å². The molecule has 0 unspecified atom stereocenters. The molecule has 1 N–H and O–H groups in total. The van der Waals surface area contributed by atoms with E-state index in [1.54, 1.807) is 18.5 Å². The van der Waals surface area contributed by atoms with Crippen molar-refractivity contribution >= 4 is 33.5 Å². The van der Waals surface area contributed by atoms with E-state index < -0.39 is 0 Å². The predicted molar refractivity (Wildman–Crippen MR) is 137 cm³/mol. The number of piperazine rings is 1. The second-order valence-corrected chi connectivity index (χ2v) is 8.99. The number of likely N-dealkylation sites (N-methyl/N-ethyl adjacent to an activating group) is 1. The Balaban J connectivity index is 1.24. The number of pyridine rings is 4. The first kappa shape index (κ1) is 21.4. The van der Waals surface area contributed by atoms with Gasteiger partial charge >= 0.3 is 0 Å². The van der Waals surface area contributed by atoms with Crippen molar-refractivity contribution in [2.75, 3.05) is 38.1 Å². The molecular weight excluding hydrogens is 438 g/mol. The quantitative estimate of drug-likeness (QED) is 0.397. The monoisotopic (exact) mass is 463 g/mol. The van der Waals surface area contributed by atoms with Crippen LogP contribution < -0.4 is 4.90 Å². The Morgan fingerprint density at radius 1 is 0.943 bits per heavy atom. The van der Waals surface area contributed by atoms with Gasteiger partial charge in [-0.05, 0) is 49.5 Å². The van der Waals surface area contributed by atoms with Crippen LogP contribution in [0.25, 0.3) is 33.2 Å². The first-order valence-corrected chi connectivity index (χ1v) is 11.7. The Bertz CT molecular complexity index is 1540. The van der Waals surface area contributed by atoms with Crippen LogP contribution >= 0.6 is 0 Å². The zero-order valence-corrected chi connectivity index (χ0v) is 19.5. The Morgan fingerprint density at radius 3 is 2.71 bits per heavy atom. The van der Waals surface area contributed by atoms with E-state index in [0.29, 0.717) is 11.3 Å². The number of anilines is 1. The summed E-state index contributed by atoms with van der Waals surface area (Å²) in [5.41, 5.74) is 5.82. The second-order valence-electron chi connectivity index (χ2n) is 8.99. The summed E-state index contributed by atoms with van der Waals surface area (Å²) in [6.07, 6.45) is 7.42. The van der Waals surface area contributed by atoms with Gasteiger partial charge < -0.3 is 14.8 Å². The van der Waals surface area contributed by atoms with Crippen LogP contribution in [0.3, 0.4) is 0 Å². The van der Waals surface area contributed by atoms with Crippen molar-refractivity contribution in [2.24, 2.45) is 0 Å². The molecule has 0 radical (unpaired) electrons. The highest BCUT2D eigenvalue weighted by Crippen LogP contribution is 2.24. The lowest BCUT2D eigenvalue weighted by molar-refractivity contribution is 0.0992. The molecule has 0 spiro atoms. The van der Waals surface area contributed by atoms with Crippen LogP contribution in [0.4, 0.5) is 5.82 Å². The molecule has 5 aromatic heterocycles. The average molecular weight is 464 g/mol. The first-order valence-electron chi connectivity index (χ1n) is 11.7. The summed E-state index contributed by atoms with van der Waals surface area (Å²) in [6.45, 7) is 3.80. The van der Waals surface area contributed by atoms with Crippen LogP contribution in [-0.2, 0) is 6.42 Å². The normalized spacial score (nSPS) is 14.6. The number of H-pyrrole nitrogens is 1. The Kier molecular flexibility index (Phi) is 5.42. The van der Waals surface area contributed by atoms with Crippen molar-refractivity contribution in [1.29, 1.82) is 0 Å². The highest BCUT2D eigenvalue weighted by Gasteiger charge is 2.17. The Hall–Kier alpha value is -4.17. The zero-order valence-electron chi connectivity index (χ0n) is 19.5. The Labute approximate surface area is 202 Å². The van der Waals surface area contributed by atoms with Gasteiger partial charge in [-0.2, -0.15) is 0 Å². The molecule has 1 saturated heterocycles. The van der Waals surface area contributed by atoms with E-state index in [0.717, 1.165) is 65.2 Å². The van der Waals surface area contributed by atoms with Crippen molar-refractivity contribution < 1.29 is 4.79 Å². The summed E-state index contributed by atoms with van der Waals surface area (Å²) in [5, 5.41) is 0.931. The van der Waals surface area contributed by atoms with Crippen LogP contribution in [0.15, 0.2) is 67.3 Å². The molecular formula is C27H25N7O. The maximum absolute atomic E-state index is 13.1. The third kappa shape index (κ3) is 4.36. The molecule has 0 amide bonds. The zero-order chi connectivity index (χ0) is 23.8. The summed E-state index contributed by atoms with van der Waals surface area (Å²) >= 11 is 0. The molecule has 1 fully saturated rings. The third-order valence-corrected chi connectivity index (χ3v) is 6.56. The molecule has 35 heavy (non-hydrogen) atoms. The summed E-state index contributed by atoms with van der Waals surface area (Å²) in [6, 6.07) is 13.5. The average Bonchev–Trinajstić information content (AvgIpc) is 3.37. The van der Waals surface area contributed by atoms with Crippen molar-refractivity contribution in [3.63, 3.8) is 0 Å². The van der Waals surface area contributed by atoms with E-state index in [9.17, 15) is 4.79 Å². The van der Waals surface area contributed by atoms with Crippen LogP contribution in [0.5, 0.6) is 0 Å². The topological polar surface area (TPSA) is 90.9 Å². The summed E-state index contributed by atoms with van der Waals surface area (Å²) in [5.74, 6) is 0.876. The van der Waals surface area contributed by atoms with Gasteiger partial charge in [0, 0.05) is 67.5 Å². The van der Waals surface area contributed by atoms with Gasteiger partial charge in [-0.3, -0.25) is 14.8 Å². The standard InChI is InChI=1S/C27H25N7O/c1-33-8-10-34(11-9-33)27-13-18(4-6-29-27)26(35)15-21-14-24-19(16-30-21)2-3-22(32-24)20-12-25-23(31-17-20)5-7-28-25/h2-7,12-14,16-17,28H,8-11,15H2,1H3. The first-order chi connectivity index (χ1) is 17.1. The smallest absolute Gasteiger partial charge is 0.169 e. The summed E-state index contributed by atoms with van der Waals surface area (Å²) < 4.78 is 0. The molecule has 8 heteroatoms. The minimum atomic E-state index is 0.0205. The van der Waals surface area contributed by atoms with E-state index in [-0.39, 0.29) is 12.2 Å². The van der Waals surface area contributed by atoms with E-state index in [4.69, 9.17) is 4.98 Å². The molecule has 8 nitrogen and oxygen atoms in total. The lowest BCUT2D eigenvalue weighted by Crippen LogP contribution is -2.44. The van der Waals surface area contributed by atoms with Crippen molar-refractivity contribution in [3.8, 4) is 11.3 Å². The number of rotatable bonds is 5. The molecule has 0 aromatic carbocycles. The van der Waals surface area contributed by atoms with Gasteiger partial charge in [-0.25, -0.2) is 9.97 Å². The number of aromatic nitrogens is 5. The van der Waals surface area contributed by atoms with E-state index in [1.807, 2.05) is 48.8 Å². The number of nitrogens with one attached hydrogen (secondary N) is 1.